The maximum absolute atomic E-state index is 2.30. The summed E-state index contributed by atoms with van der Waals surface area (Å²) in [5.41, 5.74) is 7.79. The van der Waals surface area contributed by atoms with Gasteiger partial charge in [-0.2, -0.15) is 0 Å². The van der Waals surface area contributed by atoms with Crippen LogP contribution in [0.3, 0.4) is 0 Å². The molecule has 0 saturated heterocycles. The van der Waals surface area contributed by atoms with Gasteiger partial charge in [0, 0.05) is 43.3 Å². The molecule has 2 nitrogen and oxygen atoms in total. The summed E-state index contributed by atoms with van der Waals surface area (Å²) in [5.74, 6) is 0. The van der Waals surface area contributed by atoms with E-state index in [1.54, 1.807) is 0 Å². The van der Waals surface area contributed by atoms with Gasteiger partial charge >= 0.3 is 0 Å². The molecule has 4 rings (SSSR count). The first-order valence-electron chi connectivity index (χ1n) is 7.97. The van der Waals surface area contributed by atoms with E-state index in [1.165, 1.54) is 33.9 Å². The predicted octanol–water partition coefficient (Wildman–Crippen LogP) is 5.13. The number of nitrogens with zero attached hydrogens (tertiary/aromatic N) is 2. The first-order valence-corrected chi connectivity index (χ1v) is 7.97. The first-order chi connectivity index (χ1) is 11.2. The normalized spacial score (nSPS) is 12.5. The van der Waals surface area contributed by atoms with Crippen LogP contribution in [0, 0.1) is 0 Å². The minimum absolute atomic E-state index is 1.01. The molecular weight excluding hydrogens is 280 g/mol. The summed E-state index contributed by atoms with van der Waals surface area (Å²) >= 11 is 0. The van der Waals surface area contributed by atoms with E-state index >= 15 is 0 Å². The molecule has 0 aromatic heterocycles. The van der Waals surface area contributed by atoms with Crippen molar-refractivity contribution in [3.63, 3.8) is 0 Å². The highest BCUT2D eigenvalue weighted by molar-refractivity contribution is 5.78. The topological polar surface area (TPSA) is 6.48 Å². The van der Waals surface area contributed by atoms with Gasteiger partial charge in [0.25, 0.3) is 0 Å². The Kier molecular flexibility index (Phi) is 3.30. The number of rotatable bonds is 2. The molecule has 1 aliphatic heterocycles. The molecule has 1 aliphatic rings. The zero-order valence-corrected chi connectivity index (χ0v) is 13.5. The number of fused-ring (bicyclic) bond motifs is 2. The predicted molar refractivity (Wildman–Crippen MR) is 98.3 cm³/mol. The summed E-state index contributed by atoms with van der Waals surface area (Å²) in [6, 6.07) is 25.9. The molecule has 0 amide bonds. The molecule has 3 aromatic rings. The minimum Gasteiger partial charge on any atom is -0.345 e. The van der Waals surface area contributed by atoms with Gasteiger partial charge in [-0.1, -0.05) is 42.5 Å². The quantitative estimate of drug-likeness (QED) is 0.647. The molecule has 0 unspecified atom stereocenters. The van der Waals surface area contributed by atoms with Crippen molar-refractivity contribution in [2.75, 3.05) is 23.9 Å². The summed E-state index contributed by atoms with van der Waals surface area (Å²) in [6.07, 6.45) is 1.01. The van der Waals surface area contributed by atoms with Gasteiger partial charge in [-0.25, -0.2) is 0 Å². The van der Waals surface area contributed by atoms with E-state index in [2.05, 4.69) is 96.7 Å². The monoisotopic (exact) mass is 300 g/mol. The van der Waals surface area contributed by atoms with Crippen LogP contribution in [0.2, 0.25) is 0 Å². The second-order valence-corrected chi connectivity index (χ2v) is 6.07. The lowest BCUT2D eigenvalue weighted by Crippen LogP contribution is -2.19. The van der Waals surface area contributed by atoms with E-state index in [4.69, 9.17) is 0 Å². The second-order valence-electron chi connectivity index (χ2n) is 6.07. The van der Waals surface area contributed by atoms with Crippen molar-refractivity contribution in [3.05, 3.63) is 83.9 Å². The molecule has 23 heavy (non-hydrogen) atoms. The molecule has 1 heterocycles. The lowest BCUT2D eigenvalue weighted by Gasteiger charge is -2.31. The Balaban J connectivity index is 1.74. The molecule has 0 bridgehead atoms. The highest BCUT2D eigenvalue weighted by Crippen LogP contribution is 2.39. The Labute approximate surface area is 137 Å². The molecule has 0 spiro atoms. The van der Waals surface area contributed by atoms with E-state index in [1.807, 2.05) is 0 Å². The van der Waals surface area contributed by atoms with E-state index in [9.17, 15) is 0 Å². The molecular formula is C21H20N2. The third-order valence-electron chi connectivity index (χ3n) is 4.69. The van der Waals surface area contributed by atoms with Gasteiger partial charge in [0.15, 0.2) is 0 Å². The summed E-state index contributed by atoms with van der Waals surface area (Å²) in [6.45, 7) is 0. The van der Waals surface area contributed by atoms with Crippen LogP contribution >= 0.6 is 0 Å². The van der Waals surface area contributed by atoms with Crippen molar-refractivity contribution < 1.29 is 0 Å². The Hall–Kier alpha value is -2.74. The van der Waals surface area contributed by atoms with E-state index in [0.29, 0.717) is 0 Å². The fourth-order valence-electron chi connectivity index (χ4n) is 3.35. The summed E-state index contributed by atoms with van der Waals surface area (Å²) in [4.78, 5) is 4.53. The van der Waals surface area contributed by atoms with E-state index in [-0.39, 0.29) is 0 Å². The van der Waals surface area contributed by atoms with Crippen LogP contribution < -0.4 is 9.80 Å². The Morgan fingerprint density at radius 2 is 1.43 bits per heavy atom. The van der Waals surface area contributed by atoms with Crippen LogP contribution in [0.1, 0.15) is 11.1 Å². The molecule has 114 valence electrons. The largest absolute Gasteiger partial charge is 0.345 e. The molecule has 2 heteroatoms. The highest BCUT2D eigenvalue weighted by atomic mass is 15.1. The highest BCUT2D eigenvalue weighted by Gasteiger charge is 2.20. The maximum Gasteiger partial charge on any atom is 0.0465 e. The van der Waals surface area contributed by atoms with Gasteiger partial charge in [-0.05, 0) is 41.5 Å². The van der Waals surface area contributed by atoms with Gasteiger partial charge in [0.2, 0.25) is 0 Å². The van der Waals surface area contributed by atoms with Crippen molar-refractivity contribution in [2.45, 2.75) is 6.42 Å². The fraction of sp³-hybridized carbons (Fsp3) is 0.143. The standard InChI is InChI=1S/C21H20N2/c1-22(18-9-4-3-5-10-18)19-13-12-17-14-16-8-6-7-11-20(16)23(2)21(17)15-19/h3-13,15H,14H2,1-2H3. The summed E-state index contributed by atoms with van der Waals surface area (Å²) in [7, 11) is 4.27. The fourth-order valence-corrected chi connectivity index (χ4v) is 3.35. The lowest BCUT2D eigenvalue weighted by molar-refractivity contribution is 1.05. The second kappa shape index (κ2) is 5.47. The van der Waals surface area contributed by atoms with Crippen LogP contribution in [-0.2, 0) is 6.42 Å². The van der Waals surface area contributed by atoms with Crippen LogP contribution in [0.4, 0.5) is 22.7 Å². The van der Waals surface area contributed by atoms with Crippen molar-refractivity contribution in [1.82, 2.24) is 0 Å². The summed E-state index contributed by atoms with van der Waals surface area (Å²) in [5, 5.41) is 0. The average molecular weight is 300 g/mol. The number of benzene rings is 3. The number of hydrogen-bond donors (Lipinski definition) is 0. The Bertz CT molecular complexity index is 839. The molecule has 0 fully saturated rings. The molecule has 0 radical (unpaired) electrons. The number of hydrogen-bond acceptors (Lipinski definition) is 2. The van der Waals surface area contributed by atoms with Crippen LogP contribution in [0.25, 0.3) is 0 Å². The SMILES string of the molecule is CN(c1ccccc1)c1ccc2c(c1)N(C)c1ccccc1C2. The molecule has 3 aromatic carbocycles. The van der Waals surface area contributed by atoms with Crippen molar-refractivity contribution in [2.24, 2.45) is 0 Å². The number of para-hydroxylation sites is 2. The van der Waals surface area contributed by atoms with E-state index < -0.39 is 0 Å². The van der Waals surface area contributed by atoms with Crippen molar-refractivity contribution in [3.8, 4) is 0 Å². The zero-order chi connectivity index (χ0) is 15.8. The van der Waals surface area contributed by atoms with Crippen LogP contribution in [-0.4, -0.2) is 14.1 Å². The van der Waals surface area contributed by atoms with Crippen molar-refractivity contribution >= 4 is 22.7 Å². The Morgan fingerprint density at radius 3 is 2.26 bits per heavy atom. The molecule has 0 atom stereocenters. The molecule has 0 aliphatic carbocycles. The molecule has 0 saturated carbocycles. The minimum atomic E-state index is 1.01. The third kappa shape index (κ3) is 2.36. The van der Waals surface area contributed by atoms with Gasteiger partial charge in [-0.3, -0.25) is 0 Å². The van der Waals surface area contributed by atoms with Crippen LogP contribution in [0.5, 0.6) is 0 Å². The smallest absolute Gasteiger partial charge is 0.0465 e. The summed E-state index contributed by atoms with van der Waals surface area (Å²) < 4.78 is 0. The van der Waals surface area contributed by atoms with Gasteiger partial charge in [0.1, 0.15) is 0 Å². The Morgan fingerprint density at radius 1 is 0.739 bits per heavy atom. The first kappa shape index (κ1) is 13.9. The third-order valence-corrected chi connectivity index (χ3v) is 4.69. The van der Waals surface area contributed by atoms with Gasteiger partial charge < -0.3 is 9.80 Å². The zero-order valence-electron chi connectivity index (χ0n) is 13.5. The van der Waals surface area contributed by atoms with Gasteiger partial charge in [-0.15, -0.1) is 0 Å². The maximum atomic E-state index is 2.30. The van der Waals surface area contributed by atoms with Gasteiger partial charge in [0.05, 0.1) is 0 Å². The molecule has 0 N–H and O–H groups in total. The average Bonchev–Trinajstić information content (AvgIpc) is 2.62. The lowest BCUT2D eigenvalue weighted by atomic mass is 9.95. The number of anilines is 4. The van der Waals surface area contributed by atoms with Crippen LogP contribution in [0.15, 0.2) is 72.8 Å². The van der Waals surface area contributed by atoms with E-state index in [0.717, 1.165) is 6.42 Å². The van der Waals surface area contributed by atoms with Crippen molar-refractivity contribution in [1.29, 1.82) is 0 Å².